The fourth-order valence-electron chi connectivity index (χ4n) is 2.57. The summed E-state index contributed by atoms with van der Waals surface area (Å²) in [5.41, 5.74) is 0.393. The maximum atomic E-state index is 12.4. The first-order valence-corrected chi connectivity index (χ1v) is 10.8. The molecule has 0 saturated heterocycles. The average molecular weight is 415 g/mol. The van der Waals surface area contributed by atoms with Crippen LogP contribution in [-0.2, 0) is 18.4 Å². The van der Waals surface area contributed by atoms with Crippen molar-refractivity contribution in [1.82, 2.24) is 10.5 Å². The number of hydrogen-bond acceptors (Lipinski definition) is 8. The van der Waals surface area contributed by atoms with Crippen LogP contribution in [0.3, 0.4) is 0 Å². The van der Waals surface area contributed by atoms with E-state index in [-0.39, 0.29) is 43.9 Å². The number of amides is 1. The van der Waals surface area contributed by atoms with Crippen LogP contribution in [0.1, 0.15) is 31.9 Å². The fourth-order valence-corrected chi connectivity index (χ4v) is 4.07. The van der Waals surface area contributed by atoms with E-state index in [0.29, 0.717) is 5.56 Å². The molecule has 0 heterocycles. The van der Waals surface area contributed by atoms with Gasteiger partial charge in [0.1, 0.15) is 0 Å². The van der Waals surface area contributed by atoms with Crippen LogP contribution >= 0.6 is 7.60 Å². The third-order valence-electron chi connectivity index (χ3n) is 3.67. The molecular formula is C16H27BN3O7P. The molecule has 0 spiro atoms. The van der Waals surface area contributed by atoms with E-state index in [1.807, 2.05) is 0 Å². The Hall–Kier alpha value is -1.78. The summed E-state index contributed by atoms with van der Waals surface area (Å²) in [6.07, 6.45) is -0.0363. The number of hydrogen-bond donors (Lipinski definition) is 3. The zero-order valence-corrected chi connectivity index (χ0v) is 17.2. The molecule has 10 nitrogen and oxygen atoms in total. The number of nitrogens with zero attached hydrogens (tertiary/aromatic N) is 1. The summed E-state index contributed by atoms with van der Waals surface area (Å²) in [5.74, 6) is -0.371. The molecule has 0 radical (unpaired) electrons. The number of nitrogens with one attached hydrogen (secondary N) is 2. The van der Waals surface area contributed by atoms with Gasteiger partial charge < -0.3 is 24.6 Å². The first kappa shape index (κ1) is 24.3. The van der Waals surface area contributed by atoms with Crippen molar-refractivity contribution in [1.29, 1.82) is 0 Å². The van der Waals surface area contributed by atoms with Gasteiger partial charge in [-0.05, 0) is 26.2 Å². The Kier molecular flexibility index (Phi) is 10.3. The molecule has 156 valence electrons. The normalized spacial score (nSPS) is 12.4. The van der Waals surface area contributed by atoms with Gasteiger partial charge >= 0.3 is 14.6 Å². The minimum absolute atomic E-state index is 0.0335. The van der Waals surface area contributed by atoms with Gasteiger partial charge in [-0.15, -0.1) is 0 Å². The molecule has 1 aromatic carbocycles. The summed E-state index contributed by atoms with van der Waals surface area (Å²) in [4.78, 5) is 22.7. The van der Waals surface area contributed by atoms with Crippen LogP contribution in [0.4, 0.5) is 5.69 Å². The van der Waals surface area contributed by atoms with Crippen LogP contribution in [0.25, 0.3) is 0 Å². The molecule has 0 aromatic heterocycles. The largest absolute Gasteiger partial charge is 0.437 e. The monoisotopic (exact) mass is 415 g/mol. The third-order valence-corrected chi connectivity index (χ3v) is 5.75. The van der Waals surface area contributed by atoms with E-state index >= 15 is 0 Å². The topological polar surface area (TPSA) is 140 Å². The molecule has 0 fully saturated rings. The summed E-state index contributed by atoms with van der Waals surface area (Å²) in [7, 11) is -4.18. The minimum Gasteiger partial charge on any atom is -0.437 e. The zero-order valence-electron chi connectivity index (χ0n) is 16.3. The van der Waals surface area contributed by atoms with Crippen LogP contribution in [0, 0.1) is 10.1 Å². The van der Waals surface area contributed by atoms with Gasteiger partial charge in [-0.1, -0.05) is 12.1 Å². The lowest BCUT2D eigenvalue weighted by Crippen LogP contribution is -2.38. The fraction of sp³-hybridized carbons (Fsp3) is 0.562. The zero-order chi connectivity index (χ0) is 21.2. The number of carbonyl (C=O) groups excluding carboxylic acids is 1. The van der Waals surface area contributed by atoms with Gasteiger partial charge in [-0.3, -0.25) is 19.5 Å². The smallest absolute Gasteiger partial charge is 0.374 e. The second kappa shape index (κ2) is 11.9. The Labute approximate surface area is 164 Å². The highest BCUT2D eigenvalue weighted by Crippen LogP contribution is 2.47. The molecule has 1 atom stereocenters. The highest BCUT2D eigenvalue weighted by atomic mass is 31.2. The second-order valence-electron chi connectivity index (χ2n) is 5.97. The lowest BCUT2D eigenvalue weighted by atomic mass is 9.85. The quantitative estimate of drug-likeness (QED) is 0.193. The lowest BCUT2D eigenvalue weighted by molar-refractivity contribution is -0.384. The van der Waals surface area contributed by atoms with Crippen molar-refractivity contribution in [2.45, 2.75) is 33.1 Å². The molecule has 1 rings (SSSR count). The van der Waals surface area contributed by atoms with Crippen molar-refractivity contribution in [2.75, 3.05) is 25.9 Å². The average Bonchev–Trinajstić information content (AvgIpc) is 2.61. The Balaban J connectivity index is 2.74. The third kappa shape index (κ3) is 8.49. The van der Waals surface area contributed by atoms with Crippen molar-refractivity contribution >= 4 is 26.2 Å². The summed E-state index contributed by atoms with van der Waals surface area (Å²) >= 11 is 0. The molecule has 0 saturated carbocycles. The predicted octanol–water partition coefficient (Wildman–Crippen LogP) is 2.11. The second-order valence-corrected chi connectivity index (χ2v) is 8.16. The Morgan fingerprint density at radius 3 is 2.54 bits per heavy atom. The summed E-state index contributed by atoms with van der Waals surface area (Å²) in [6.45, 7) is 5.46. The molecule has 1 amide bonds. The van der Waals surface area contributed by atoms with Crippen LogP contribution in [0.2, 0.25) is 6.82 Å². The summed E-state index contributed by atoms with van der Waals surface area (Å²) in [6, 6.07) is 5.22. The number of nitro benzene ring substituents is 1. The van der Waals surface area contributed by atoms with Gasteiger partial charge in [0.05, 0.1) is 24.3 Å². The van der Waals surface area contributed by atoms with E-state index < -0.39 is 25.6 Å². The number of nitro groups is 1. The van der Waals surface area contributed by atoms with Crippen molar-refractivity contribution in [3.8, 4) is 0 Å². The Morgan fingerprint density at radius 2 is 2.00 bits per heavy atom. The van der Waals surface area contributed by atoms with E-state index in [0.717, 1.165) is 0 Å². The molecule has 1 aromatic rings. The molecule has 0 aliphatic heterocycles. The van der Waals surface area contributed by atoms with E-state index in [1.54, 1.807) is 19.9 Å². The highest BCUT2D eigenvalue weighted by Gasteiger charge is 2.24. The lowest BCUT2D eigenvalue weighted by Gasteiger charge is -2.20. The number of rotatable bonds is 13. The summed E-state index contributed by atoms with van der Waals surface area (Å²) < 4.78 is 22.7. The molecule has 3 N–H and O–H groups in total. The van der Waals surface area contributed by atoms with E-state index in [2.05, 4.69) is 10.5 Å². The molecule has 0 bridgehead atoms. The van der Waals surface area contributed by atoms with Crippen LogP contribution in [0.5, 0.6) is 0 Å². The van der Waals surface area contributed by atoms with Gasteiger partial charge in [0.15, 0.2) is 0 Å². The number of benzene rings is 1. The van der Waals surface area contributed by atoms with Crippen LogP contribution in [0.15, 0.2) is 24.3 Å². The maximum absolute atomic E-state index is 12.4. The minimum atomic E-state index is -3.25. The van der Waals surface area contributed by atoms with Crippen LogP contribution in [-0.4, -0.2) is 48.8 Å². The van der Waals surface area contributed by atoms with E-state index in [1.165, 1.54) is 25.0 Å². The molecule has 0 unspecified atom stereocenters. The standard InChI is InChI=1S/C16H27BN3O7P/c1-4-26-28(25,27-5-2)10-9-18-16(21)12-15(19-17(3)22)13-7-6-8-14(11-13)20(23)24/h6-8,11,15,19,22H,4-5,9-10,12H2,1-3H3,(H,18,21)/t15-/m0/s1. The van der Waals surface area contributed by atoms with Gasteiger partial charge in [-0.2, -0.15) is 0 Å². The first-order valence-electron chi connectivity index (χ1n) is 9.04. The van der Waals surface area contributed by atoms with Gasteiger partial charge in [0, 0.05) is 31.1 Å². The Bertz CT molecular complexity index is 695. The number of carbonyl (C=O) groups is 1. The SMILES string of the molecule is CCOP(=O)(CCNC(=O)C[C@H](NB(C)O)c1cccc([N+](=O)[O-])c1)OCC. The van der Waals surface area contributed by atoms with Crippen molar-refractivity contribution in [3.63, 3.8) is 0 Å². The van der Waals surface area contributed by atoms with Gasteiger partial charge in [-0.25, -0.2) is 0 Å². The van der Waals surface area contributed by atoms with Gasteiger partial charge in [0.25, 0.3) is 5.69 Å². The predicted molar refractivity (Wildman–Crippen MR) is 106 cm³/mol. The molecular weight excluding hydrogens is 388 g/mol. The highest BCUT2D eigenvalue weighted by molar-refractivity contribution is 7.53. The molecule has 12 heteroatoms. The van der Waals surface area contributed by atoms with E-state index in [9.17, 15) is 24.5 Å². The van der Waals surface area contributed by atoms with Crippen molar-refractivity contribution in [2.24, 2.45) is 0 Å². The molecule has 0 aliphatic rings. The summed E-state index contributed by atoms with van der Waals surface area (Å²) in [5, 5.41) is 26.0. The molecule has 28 heavy (non-hydrogen) atoms. The number of non-ortho nitro benzene ring substituents is 1. The Morgan fingerprint density at radius 1 is 1.36 bits per heavy atom. The van der Waals surface area contributed by atoms with Crippen molar-refractivity contribution in [3.05, 3.63) is 39.9 Å². The van der Waals surface area contributed by atoms with E-state index in [4.69, 9.17) is 9.05 Å². The maximum Gasteiger partial charge on any atom is 0.374 e. The van der Waals surface area contributed by atoms with Crippen LogP contribution < -0.4 is 10.5 Å². The van der Waals surface area contributed by atoms with Crippen molar-refractivity contribution < 1.29 is 28.4 Å². The first-order chi connectivity index (χ1) is 13.2. The molecule has 0 aliphatic carbocycles. The van der Waals surface area contributed by atoms with Gasteiger partial charge in [0.2, 0.25) is 5.91 Å².